The number of benzene rings is 1. The number of hydrogen-bond donors (Lipinski definition) is 2. The maximum Gasteiger partial charge on any atom is 0.251 e. The first-order valence-electron chi connectivity index (χ1n) is 8.64. The highest BCUT2D eigenvalue weighted by atomic mass is 79.9. The summed E-state index contributed by atoms with van der Waals surface area (Å²) in [6, 6.07) is 11.5. The van der Waals surface area contributed by atoms with Crippen LogP contribution in [0.15, 0.2) is 52.1 Å². The van der Waals surface area contributed by atoms with E-state index in [2.05, 4.69) is 47.1 Å². The van der Waals surface area contributed by atoms with Gasteiger partial charge in [0.15, 0.2) is 5.96 Å². The average Bonchev–Trinajstić information content (AvgIpc) is 3.02. The molecule has 7 heteroatoms. The zero-order chi connectivity index (χ0) is 18.9. The summed E-state index contributed by atoms with van der Waals surface area (Å²) in [6.07, 6.45) is 2.03. The van der Waals surface area contributed by atoms with E-state index < -0.39 is 0 Å². The van der Waals surface area contributed by atoms with Gasteiger partial charge in [0.25, 0.3) is 5.91 Å². The van der Waals surface area contributed by atoms with Gasteiger partial charge in [-0.2, -0.15) is 0 Å². The van der Waals surface area contributed by atoms with Crippen molar-refractivity contribution in [1.29, 1.82) is 0 Å². The van der Waals surface area contributed by atoms with E-state index in [0.717, 1.165) is 23.5 Å². The number of carbonyl (C=O) groups excluding carboxylic acids is 1. The molecule has 0 atom stereocenters. The van der Waals surface area contributed by atoms with Crippen molar-refractivity contribution in [3.63, 3.8) is 0 Å². The first-order valence-corrected chi connectivity index (χ1v) is 9.44. The van der Waals surface area contributed by atoms with Crippen LogP contribution in [0.3, 0.4) is 0 Å². The second kappa shape index (κ2) is 10.0. The number of nitrogens with zero attached hydrogens (tertiary/aromatic N) is 3. The molecule has 0 saturated carbocycles. The van der Waals surface area contributed by atoms with Gasteiger partial charge in [0, 0.05) is 49.1 Å². The number of aryl methyl sites for hydroxylation is 1. The first kappa shape index (κ1) is 20.0. The van der Waals surface area contributed by atoms with Gasteiger partial charge in [0.1, 0.15) is 0 Å². The molecule has 2 N–H and O–H groups in total. The zero-order valence-corrected chi connectivity index (χ0v) is 17.1. The highest BCUT2D eigenvalue weighted by Crippen LogP contribution is 2.11. The Labute approximate surface area is 163 Å². The Morgan fingerprint density at radius 3 is 2.73 bits per heavy atom. The minimum atomic E-state index is -0.0938. The molecule has 0 aliphatic carbocycles. The summed E-state index contributed by atoms with van der Waals surface area (Å²) in [4.78, 5) is 18.8. The quantitative estimate of drug-likeness (QED) is 0.411. The Balaban J connectivity index is 1.88. The summed E-state index contributed by atoms with van der Waals surface area (Å²) in [5, 5.41) is 6.19. The van der Waals surface area contributed by atoms with Crippen LogP contribution in [0, 0.1) is 0 Å². The van der Waals surface area contributed by atoms with E-state index in [-0.39, 0.29) is 5.91 Å². The van der Waals surface area contributed by atoms with Crippen molar-refractivity contribution >= 4 is 27.8 Å². The number of aliphatic imine (C=N–C) groups is 1. The van der Waals surface area contributed by atoms with Crippen LogP contribution in [-0.2, 0) is 13.6 Å². The number of amides is 1. The smallest absolute Gasteiger partial charge is 0.251 e. The highest BCUT2D eigenvalue weighted by molar-refractivity contribution is 9.10. The van der Waals surface area contributed by atoms with Crippen molar-refractivity contribution in [2.45, 2.75) is 13.5 Å². The van der Waals surface area contributed by atoms with Gasteiger partial charge in [0.05, 0.1) is 13.1 Å². The maximum absolute atomic E-state index is 12.1. The lowest BCUT2D eigenvalue weighted by molar-refractivity contribution is 0.0954. The predicted octanol–water partition coefficient (Wildman–Crippen LogP) is 2.61. The summed E-state index contributed by atoms with van der Waals surface area (Å²) in [6.45, 7) is 4.60. The van der Waals surface area contributed by atoms with Crippen LogP contribution < -0.4 is 10.6 Å². The van der Waals surface area contributed by atoms with Gasteiger partial charge >= 0.3 is 0 Å². The number of guanidine groups is 1. The van der Waals surface area contributed by atoms with Gasteiger partial charge in [0.2, 0.25) is 0 Å². The fraction of sp³-hybridized carbons (Fsp3) is 0.368. The fourth-order valence-corrected chi connectivity index (χ4v) is 2.91. The van der Waals surface area contributed by atoms with Crippen LogP contribution in [-0.4, -0.2) is 48.0 Å². The monoisotopic (exact) mass is 419 g/mol. The number of rotatable bonds is 7. The number of hydrogen-bond acceptors (Lipinski definition) is 2. The molecule has 2 rings (SSSR count). The topological polar surface area (TPSA) is 61.7 Å². The standard InChI is InChI=1S/C19H26BrN5O/c1-4-21-19(25(3)14-17-9-6-12-24(17)2)23-11-10-22-18(26)15-7-5-8-16(20)13-15/h5-9,12-13H,4,10-11,14H2,1-3H3,(H,21,23)(H,22,26). The molecule has 2 aromatic rings. The maximum atomic E-state index is 12.1. The minimum Gasteiger partial charge on any atom is -0.357 e. The number of nitrogens with one attached hydrogen (secondary N) is 2. The molecule has 1 heterocycles. The van der Waals surface area contributed by atoms with Gasteiger partial charge in [-0.05, 0) is 37.3 Å². The first-order chi connectivity index (χ1) is 12.5. The van der Waals surface area contributed by atoms with Crippen LogP contribution in [0.1, 0.15) is 23.0 Å². The van der Waals surface area contributed by atoms with Crippen molar-refractivity contribution in [3.8, 4) is 0 Å². The molecule has 0 unspecified atom stereocenters. The summed E-state index contributed by atoms with van der Waals surface area (Å²) >= 11 is 3.38. The van der Waals surface area contributed by atoms with Crippen molar-refractivity contribution in [2.24, 2.45) is 12.0 Å². The number of halogens is 1. The summed E-state index contributed by atoms with van der Waals surface area (Å²) in [5.74, 6) is 0.731. The Morgan fingerprint density at radius 2 is 2.08 bits per heavy atom. The van der Waals surface area contributed by atoms with Crippen molar-refractivity contribution in [3.05, 3.63) is 58.3 Å². The van der Waals surface area contributed by atoms with Gasteiger partial charge in [-0.3, -0.25) is 9.79 Å². The third kappa shape index (κ3) is 5.91. The van der Waals surface area contributed by atoms with E-state index in [9.17, 15) is 4.79 Å². The van der Waals surface area contributed by atoms with E-state index in [0.29, 0.717) is 18.7 Å². The van der Waals surface area contributed by atoms with Crippen molar-refractivity contribution < 1.29 is 4.79 Å². The summed E-state index contributed by atoms with van der Waals surface area (Å²) in [5.41, 5.74) is 1.84. The Hall–Kier alpha value is -2.28. The molecule has 26 heavy (non-hydrogen) atoms. The van der Waals surface area contributed by atoms with Crippen LogP contribution >= 0.6 is 15.9 Å². The molecule has 0 aliphatic rings. The molecular weight excluding hydrogens is 394 g/mol. The molecule has 140 valence electrons. The molecule has 1 aromatic heterocycles. The third-order valence-corrected chi connectivity index (χ3v) is 4.39. The molecule has 6 nitrogen and oxygen atoms in total. The van der Waals surface area contributed by atoms with Gasteiger partial charge in [-0.25, -0.2) is 0 Å². The van der Waals surface area contributed by atoms with E-state index in [1.54, 1.807) is 12.1 Å². The normalized spacial score (nSPS) is 11.3. The predicted molar refractivity (Wildman–Crippen MR) is 109 cm³/mol. The van der Waals surface area contributed by atoms with Gasteiger partial charge in [-0.15, -0.1) is 0 Å². The van der Waals surface area contributed by atoms with Gasteiger partial charge < -0.3 is 20.1 Å². The second-order valence-electron chi connectivity index (χ2n) is 5.97. The average molecular weight is 420 g/mol. The molecular formula is C19H26BrN5O. The molecule has 0 fully saturated rings. The Morgan fingerprint density at radius 1 is 1.27 bits per heavy atom. The molecule has 1 amide bonds. The third-order valence-electron chi connectivity index (χ3n) is 3.89. The Bertz CT molecular complexity index is 756. The molecule has 0 radical (unpaired) electrons. The van der Waals surface area contributed by atoms with Crippen LogP contribution in [0.5, 0.6) is 0 Å². The molecule has 0 saturated heterocycles. The van der Waals surface area contributed by atoms with E-state index in [4.69, 9.17) is 0 Å². The Kier molecular flexibility index (Phi) is 7.72. The zero-order valence-electron chi connectivity index (χ0n) is 15.5. The lowest BCUT2D eigenvalue weighted by Crippen LogP contribution is -2.39. The minimum absolute atomic E-state index is 0.0938. The van der Waals surface area contributed by atoms with E-state index in [1.165, 1.54) is 5.69 Å². The fourth-order valence-electron chi connectivity index (χ4n) is 2.51. The lowest BCUT2D eigenvalue weighted by atomic mass is 10.2. The van der Waals surface area contributed by atoms with Crippen LogP contribution in [0.25, 0.3) is 0 Å². The second-order valence-corrected chi connectivity index (χ2v) is 6.88. The number of carbonyl (C=O) groups is 1. The van der Waals surface area contributed by atoms with Crippen LogP contribution in [0.4, 0.5) is 0 Å². The SMILES string of the molecule is CCNC(=NCCNC(=O)c1cccc(Br)c1)N(C)Cc1cccn1C. The van der Waals surface area contributed by atoms with E-state index >= 15 is 0 Å². The van der Waals surface area contributed by atoms with Gasteiger partial charge in [-0.1, -0.05) is 22.0 Å². The molecule has 1 aromatic carbocycles. The molecule has 0 bridgehead atoms. The summed E-state index contributed by atoms with van der Waals surface area (Å²) < 4.78 is 2.98. The van der Waals surface area contributed by atoms with E-state index in [1.807, 2.05) is 45.4 Å². The summed E-state index contributed by atoms with van der Waals surface area (Å²) in [7, 11) is 4.04. The van der Waals surface area contributed by atoms with Crippen molar-refractivity contribution in [1.82, 2.24) is 20.1 Å². The highest BCUT2D eigenvalue weighted by Gasteiger charge is 2.08. The van der Waals surface area contributed by atoms with Crippen LogP contribution in [0.2, 0.25) is 0 Å². The molecule has 0 aliphatic heterocycles. The molecule has 0 spiro atoms. The largest absolute Gasteiger partial charge is 0.357 e. The van der Waals surface area contributed by atoms with Crippen molar-refractivity contribution in [2.75, 3.05) is 26.7 Å². The lowest BCUT2D eigenvalue weighted by Gasteiger charge is -2.22. The number of aromatic nitrogens is 1.